The molecule has 4 heteroatoms. The second-order valence-electron chi connectivity index (χ2n) is 3.15. The fourth-order valence-electron chi connectivity index (χ4n) is 1.29. The zero-order chi connectivity index (χ0) is 10.8. The van der Waals surface area contributed by atoms with E-state index in [2.05, 4.69) is 15.9 Å². The molecule has 0 aliphatic carbocycles. The standard InChI is InChI=1S/C10H12BrF2N/c1-2-10(13,6-14)8-5-7(11)3-4-9(8)12/h3-5H,2,6,14H2,1H3. The maximum Gasteiger partial charge on any atom is 0.150 e. The number of nitrogens with two attached hydrogens (primary N) is 1. The van der Waals surface area contributed by atoms with E-state index in [1.807, 2.05) is 0 Å². The lowest BCUT2D eigenvalue weighted by Gasteiger charge is -2.23. The van der Waals surface area contributed by atoms with Crippen molar-refractivity contribution in [3.63, 3.8) is 0 Å². The minimum atomic E-state index is -1.77. The number of alkyl halides is 1. The Morgan fingerprint density at radius 1 is 1.50 bits per heavy atom. The minimum Gasteiger partial charge on any atom is -0.327 e. The van der Waals surface area contributed by atoms with E-state index >= 15 is 0 Å². The van der Waals surface area contributed by atoms with Crippen LogP contribution in [0.25, 0.3) is 0 Å². The van der Waals surface area contributed by atoms with Gasteiger partial charge in [-0.15, -0.1) is 0 Å². The molecule has 1 rings (SSSR count). The Morgan fingerprint density at radius 3 is 2.64 bits per heavy atom. The lowest BCUT2D eigenvalue weighted by Crippen LogP contribution is -2.30. The Kier molecular flexibility index (Phi) is 3.61. The molecule has 0 saturated heterocycles. The van der Waals surface area contributed by atoms with Crippen LogP contribution in [0, 0.1) is 5.82 Å². The van der Waals surface area contributed by atoms with Crippen LogP contribution in [-0.4, -0.2) is 6.54 Å². The summed E-state index contributed by atoms with van der Waals surface area (Å²) in [5.74, 6) is -0.553. The fraction of sp³-hybridized carbons (Fsp3) is 0.400. The van der Waals surface area contributed by atoms with Crippen LogP contribution >= 0.6 is 15.9 Å². The summed E-state index contributed by atoms with van der Waals surface area (Å²) in [6.07, 6.45) is 0.164. The van der Waals surface area contributed by atoms with E-state index in [1.54, 1.807) is 6.92 Å². The molecule has 0 spiro atoms. The number of halogens is 3. The van der Waals surface area contributed by atoms with Crippen molar-refractivity contribution in [3.05, 3.63) is 34.1 Å². The van der Waals surface area contributed by atoms with Crippen molar-refractivity contribution in [2.24, 2.45) is 5.73 Å². The number of rotatable bonds is 3. The molecule has 1 aromatic rings. The molecule has 0 aliphatic rings. The Labute approximate surface area is 90.4 Å². The van der Waals surface area contributed by atoms with E-state index in [-0.39, 0.29) is 18.5 Å². The van der Waals surface area contributed by atoms with Gasteiger partial charge in [-0.2, -0.15) is 0 Å². The molecule has 1 aromatic carbocycles. The quantitative estimate of drug-likeness (QED) is 0.891. The van der Waals surface area contributed by atoms with Gasteiger partial charge in [0, 0.05) is 16.6 Å². The molecule has 0 saturated carbocycles. The molecule has 1 atom stereocenters. The average Bonchev–Trinajstić information content (AvgIpc) is 2.20. The van der Waals surface area contributed by atoms with Gasteiger partial charge in [-0.05, 0) is 24.6 Å². The van der Waals surface area contributed by atoms with Crippen LogP contribution < -0.4 is 5.73 Å². The summed E-state index contributed by atoms with van der Waals surface area (Å²) in [5, 5.41) is 0. The predicted octanol–water partition coefficient (Wildman–Crippen LogP) is 3.12. The van der Waals surface area contributed by atoms with E-state index < -0.39 is 11.5 Å². The van der Waals surface area contributed by atoms with Gasteiger partial charge in [0.25, 0.3) is 0 Å². The van der Waals surface area contributed by atoms with Gasteiger partial charge in [0.2, 0.25) is 0 Å². The molecule has 78 valence electrons. The highest BCUT2D eigenvalue weighted by atomic mass is 79.9. The molecular formula is C10H12BrF2N. The van der Waals surface area contributed by atoms with Gasteiger partial charge in [-0.25, -0.2) is 8.78 Å². The van der Waals surface area contributed by atoms with Crippen LogP contribution in [0.2, 0.25) is 0 Å². The summed E-state index contributed by atoms with van der Waals surface area (Å²) in [4.78, 5) is 0. The molecule has 1 unspecified atom stereocenters. The highest BCUT2D eigenvalue weighted by Gasteiger charge is 2.31. The summed E-state index contributed by atoms with van der Waals surface area (Å²) in [7, 11) is 0. The van der Waals surface area contributed by atoms with E-state index in [0.717, 1.165) is 0 Å². The lowest BCUT2D eigenvalue weighted by atomic mass is 9.93. The molecule has 14 heavy (non-hydrogen) atoms. The first-order chi connectivity index (χ1) is 6.53. The highest BCUT2D eigenvalue weighted by Crippen LogP contribution is 2.32. The van der Waals surface area contributed by atoms with Crippen LogP contribution in [0.3, 0.4) is 0 Å². The lowest BCUT2D eigenvalue weighted by molar-refractivity contribution is 0.162. The third-order valence-corrected chi connectivity index (χ3v) is 2.79. The second kappa shape index (κ2) is 4.36. The zero-order valence-electron chi connectivity index (χ0n) is 7.86. The first kappa shape index (κ1) is 11.6. The molecular weight excluding hydrogens is 252 g/mol. The highest BCUT2D eigenvalue weighted by molar-refractivity contribution is 9.10. The Hall–Kier alpha value is -0.480. The van der Waals surface area contributed by atoms with Crippen molar-refractivity contribution in [2.45, 2.75) is 19.0 Å². The van der Waals surface area contributed by atoms with Gasteiger partial charge in [-0.1, -0.05) is 22.9 Å². The van der Waals surface area contributed by atoms with Gasteiger partial charge < -0.3 is 5.73 Å². The van der Waals surface area contributed by atoms with Crippen LogP contribution in [0.4, 0.5) is 8.78 Å². The summed E-state index contributed by atoms with van der Waals surface area (Å²) in [5.41, 5.74) is 3.57. The van der Waals surface area contributed by atoms with Crippen molar-refractivity contribution in [2.75, 3.05) is 6.54 Å². The molecule has 0 amide bonds. The first-order valence-electron chi connectivity index (χ1n) is 4.38. The van der Waals surface area contributed by atoms with Crippen molar-refractivity contribution in [1.29, 1.82) is 0 Å². The van der Waals surface area contributed by atoms with E-state index in [1.165, 1.54) is 18.2 Å². The van der Waals surface area contributed by atoms with Crippen molar-refractivity contribution in [1.82, 2.24) is 0 Å². The Balaban J connectivity index is 3.22. The topological polar surface area (TPSA) is 26.0 Å². The van der Waals surface area contributed by atoms with Gasteiger partial charge in [0.15, 0.2) is 5.67 Å². The van der Waals surface area contributed by atoms with Crippen LogP contribution in [0.15, 0.2) is 22.7 Å². The van der Waals surface area contributed by atoms with Crippen molar-refractivity contribution in [3.8, 4) is 0 Å². The van der Waals surface area contributed by atoms with Crippen LogP contribution in [-0.2, 0) is 5.67 Å². The Bertz CT molecular complexity index is 324. The molecule has 0 bridgehead atoms. The maximum atomic E-state index is 14.0. The largest absolute Gasteiger partial charge is 0.327 e. The molecule has 1 nitrogen and oxygen atoms in total. The second-order valence-corrected chi connectivity index (χ2v) is 4.06. The fourth-order valence-corrected chi connectivity index (χ4v) is 1.65. The molecule has 2 N–H and O–H groups in total. The first-order valence-corrected chi connectivity index (χ1v) is 5.17. The summed E-state index contributed by atoms with van der Waals surface area (Å²) in [6, 6.07) is 4.20. The minimum absolute atomic E-state index is 0.0249. The smallest absolute Gasteiger partial charge is 0.150 e. The van der Waals surface area contributed by atoms with E-state index in [4.69, 9.17) is 5.73 Å². The number of benzene rings is 1. The van der Waals surface area contributed by atoms with Gasteiger partial charge >= 0.3 is 0 Å². The zero-order valence-corrected chi connectivity index (χ0v) is 9.44. The monoisotopic (exact) mass is 263 g/mol. The summed E-state index contributed by atoms with van der Waals surface area (Å²) >= 11 is 3.17. The van der Waals surface area contributed by atoms with Crippen molar-refractivity contribution < 1.29 is 8.78 Å². The van der Waals surface area contributed by atoms with E-state index in [9.17, 15) is 8.78 Å². The van der Waals surface area contributed by atoms with Crippen LogP contribution in [0.5, 0.6) is 0 Å². The molecule has 0 heterocycles. The van der Waals surface area contributed by atoms with E-state index in [0.29, 0.717) is 4.47 Å². The summed E-state index contributed by atoms with van der Waals surface area (Å²) in [6.45, 7) is 1.43. The average molecular weight is 264 g/mol. The normalized spacial score (nSPS) is 15.2. The SMILES string of the molecule is CCC(F)(CN)c1cc(Br)ccc1F. The predicted molar refractivity (Wildman–Crippen MR) is 56.2 cm³/mol. The maximum absolute atomic E-state index is 14.0. The van der Waals surface area contributed by atoms with Crippen LogP contribution in [0.1, 0.15) is 18.9 Å². The summed E-state index contributed by atoms with van der Waals surface area (Å²) < 4.78 is 28.0. The third-order valence-electron chi connectivity index (χ3n) is 2.30. The number of hydrogen-bond donors (Lipinski definition) is 1. The van der Waals surface area contributed by atoms with Crippen molar-refractivity contribution >= 4 is 15.9 Å². The molecule has 0 radical (unpaired) electrons. The van der Waals surface area contributed by atoms with Gasteiger partial charge in [0.1, 0.15) is 5.82 Å². The number of hydrogen-bond acceptors (Lipinski definition) is 1. The molecule has 0 aliphatic heterocycles. The Morgan fingerprint density at radius 2 is 2.14 bits per heavy atom. The van der Waals surface area contributed by atoms with Gasteiger partial charge in [0.05, 0.1) is 0 Å². The molecule has 0 aromatic heterocycles. The third kappa shape index (κ3) is 2.12. The molecule has 0 fully saturated rings. The van der Waals surface area contributed by atoms with Gasteiger partial charge in [-0.3, -0.25) is 0 Å².